The molecule has 162 valence electrons. The number of amides is 1. The van der Waals surface area contributed by atoms with Crippen molar-refractivity contribution >= 4 is 40.6 Å². The van der Waals surface area contributed by atoms with Gasteiger partial charge in [0.2, 0.25) is 5.91 Å². The van der Waals surface area contributed by atoms with Crippen molar-refractivity contribution < 1.29 is 14.5 Å². The van der Waals surface area contributed by atoms with Gasteiger partial charge in [-0.15, -0.1) is 10.2 Å². The number of nitro groups is 1. The number of para-hydroxylation sites is 2. The van der Waals surface area contributed by atoms with Crippen molar-refractivity contribution in [2.75, 3.05) is 11.1 Å². The number of benzene rings is 2. The summed E-state index contributed by atoms with van der Waals surface area (Å²) in [7, 11) is 0. The third kappa shape index (κ3) is 5.74. The van der Waals surface area contributed by atoms with Gasteiger partial charge in [0.05, 0.1) is 15.7 Å². The van der Waals surface area contributed by atoms with Crippen LogP contribution in [0.1, 0.15) is 18.3 Å². The Morgan fingerprint density at radius 1 is 1.29 bits per heavy atom. The van der Waals surface area contributed by atoms with E-state index in [0.717, 1.165) is 5.56 Å². The number of nitrogens with zero attached hydrogens (tertiary/aromatic N) is 4. The number of aryl methyl sites for hydroxylation is 1. The maximum absolute atomic E-state index is 12.3. The number of nitro benzene ring substituents is 1. The molecule has 1 amide bonds. The Hall–Kier alpha value is -3.11. The van der Waals surface area contributed by atoms with Gasteiger partial charge in [-0.3, -0.25) is 14.9 Å². The van der Waals surface area contributed by atoms with Crippen LogP contribution in [0.4, 0.5) is 11.4 Å². The molecule has 3 aromatic rings. The number of ether oxygens (including phenoxy) is 1. The minimum absolute atomic E-state index is 0.0226. The molecule has 0 saturated heterocycles. The highest BCUT2D eigenvalue weighted by Gasteiger charge is 2.17. The SMILES string of the molecule is CCn1c(COc2cc(C)ccc2Cl)nnc1SCC(=O)Nc1ccccc1[N+](=O)[O-]. The van der Waals surface area contributed by atoms with E-state index in [0.29, 0.717) is 28.3 Å². The molecule has 1 N–H and O–H groups in total. The van der Waals surface area contributed by atoms with E-state index in [-0.39, 0.29) is 29.6 Å². The van der Waals surface area contributed by atoms with Gasteiger partial charge < -0.3 is 14.6 Å². The van der Waals surface area contributed by atoms with Crippen molar-refractivity contribution in [3.63, 3.8) is 0 Å². The van der Waals surface area contributed by atoms with Crippen LogP contribution in [0, 0.1) is 17.0 Å². The molecule has 9 nitrogen and oxygen atoms in total. The molecular formula is C20H20ClN5O4S. The van der Waals surface area contributed by atoms with Crippen LogP contribution >= 0.6 is 23.4 Å². The van der Waals surface area contributed by atoms with Crippen LogP contribution in [0.3, 0.4) is 0 Å². The molecule has 0 spiro atoms. The van der Waals surface area contributed by atoms with Gasteiger partial charge in [0, 0.05) is 12.6 Å². The van der Waals surface area contributed by atoms with E-state index in [4.69, 9.17) is 16.3 Å². The summed E-state index contributed by atoms with van der Waals surface area (Å²) in [5.74, 6) is 0.802. The summed E-state index contributed by atoms with van der Waals surface area (Å²) in [6, 6.07) is 11.5. The topological polar surface area (TPSA) is 112 Å². The molecule has 2 aromatic carbocycles. The zero-order valence-corrected chi connectivity index (χ0v) is 18.4. The fraction of sp³-hybridized carbons (Fsp3) is 0.250. The maximum atomic E-state index is 12.3. The number of hydrogen-bond donors (Lipinski definition) is 1. The second kappa shape index (κ2) is 10.3. The molecule has 11 heteroatoms. The zero-order chi connectivity index (χ0) is 22.4. The van der Waals surface area contributed by atoms with Crippen LogP contribution in [-0.2, 0) is 17.9 Å². The van der Waals surface area contributed by atoms with E-state index in [1.165, 1.54) is 23.9 Å². The second-order valence-corrected chi connectivity index (χ2v) is 7.83. The van der Waals surface area contributed by atoms with Gasteiger partial charge >= 0.3 is 0 Å². The summed E-state index contributed by atoms with van der Waals surface area (Å²) in [4.78, 5) is 22.8. The summed E-state index contributed by atoms with van der Waals surface area (Å²) in [6.45, 7) is 4.64. The Labute approximate surface area is 187 Å². The molecule has 0 unspecified atom stereocenters. The first kappa shape index (κ1) is 22.6. The molecule has 1 heterocycles. The predicted octanol–water partition coefficient (Wildman–Crippen LogP) is 4.48. The lowest BCUT2D eigenvalue weighted by atomic mass is 10.2. The number of rotatable bonds is 9. The van der Waals surface area contributed by atoms with Crippen molar-refractivity contribution in [2.24, 2.45) is 0 Å². The molecule has 3 rings (SSSR count). The Morgan fingerprint density at radius 3 is 2.81 bits per heavy atom. The van der Waals surface area contributed by atoms with E-state index in [1.54, 1.807) is 18.2 Å². The molecule has 31 heavy (non-hydrogen) atoms. The van der Waals surface area contributed by atoms with Crippen LogP contribution in [-0.4, -0.2) is 31.3 Å². The van der Waals surface area contributed by atoms with E-state index in [2.05, 4.69) is 15.5 Å². The fourth-order valence-corrected chi connectivity index (χ4v) is 3.76. The van der Waals surface area contributed by atoms with Crippen molar-refractivity contribution in [1.82, 2.24) is 14.8 Å². The van der Waals surface area contributed by atoms with Gasteiger partial charge in [0.15, 0.2) is 11.0 Å². The highest BCUT2D eigenvalue weighted by atomic mass is 35.5. The largest absolute Gasteiger partial charge is 0.484 e. The number of carbonyl (C=O) groups is 1. The van der Waals surface area contributed by atoms with Crippen LogP contribution in [0.2, 0.25) is 5.02 Å². The predicted molar refractivity (Wildman–Crippen MR) is 119 cm³/mol. The van der Waals surface area contributed by atoms with Gasteiger partial charge in [-0.2, -0.15) is 0 Å². The third-order valence-corrected chi connectivity index (χ3v) is 5.54. The van der Waals surface area contributed by atoms with Crippen LogP contribution in [0.25, 0.3) is 0 Å². The first-order valence-electron chi connectivity index (χ1n) is 9.36. The van der Waals surface area contributed by atoms with E-state index in [9.17, 15) is 14.9 Å². The van der Waals surface area contributed by atoms with Gasteiger partial charge in [-0.1, -0.05) is 41.6 Å². The minimum Gasteiger partial charge on any atom is -0.484 e. The molecule has 0 radical (unpaired) electrons. The monoisotopic (exact) mass is 461 g/mol. The van der Waals surface area contributed by atoms with Crippen molar-refractivity contribution in [3.05, 3.63) is 69.0 Å². The number of carbonyl (C=O) groups excluding carboxylic acids is 1. The lowest BCUT2D eigenvalue weighted by Gasteiger charge is -2.10. The number of aromatic nitrogens is 3. The lowest BCUT2D eigenvalue weighted by molar-refractivity contribution is -0.383. The van der Waals surface area contributed by atoms with Crippen molar-refractivity contribution in [2.45, 2.75) is 32.2 Å². The summed E-state index contributed by atoms with van der Waals surface area (Å²) in [5.41, 5.74) is 1.02. The first-order chi connectivity index (χ1) is 14.9. The Morgan fingerprint density at radius 2 is 2.06 bits per heavy atom. The van der Waals surface area contributed by atoms with E-state index < -0.39 is 4.92 Å². The van der Waals surface area contributed by atoms with E-state index >= 15 is 0 Å². The van der Waals surface area contributed by atoms with Gasteiger partial charge in [0.25, 0.3) is 5.69 Å². The molecule has 0 aliphatic heterocycles. The van der Waals surface area contributed by atoms with Crippen LogP contribution < -0.4 is 10.1 Å². The average molecular weight is 462 g/mol. The molecule has 0 atom stereocenters. The molecule has 0 bridgehead atoms. The summed E-state index contributed by atoms with van der Waals surface area (Å²) in [6.07, 6.45) is 0. The zero-order valence-electron chi connectivity index (χ0n) is 16.9. The summed E-state index contributed by atoms with van der Waals surface area (Å²) in [5, 5.41) is 23.0. The number of halogens is 1. The molecule has 1 aromatic heterocycles. The number of thioether (sulfide) groups is 1. The lowest BCUT2D eigenvalue weighted by Crippen LogP contribution is -2.15. The first-order valence-corrected chi connectivity index (χ1v) is 10.7. The highest BCUT2D eigenvalue weighted by molar-refractivity contribution is 7.99. The fourth-order valence-electron chi connectivity index (χ4n) is 2.77. The Kier molecular flexibility index (Phi) is 7.48. The minimum atomic E-state index is -0.538. The van der Waals surface area contributed by atoms with Crippen LogP contribution in [0.15, 0.2) is 47.6 Å². The maximum Gasteiger partial charge on any atom is 0.292 e. The standard InChI is InChI=1S/C20H20ClN5O4S/c1-3-25-18(11-30-17-10-13(2)8-9-14(17)21)23-24-20(25)31-12-19(27)22-15-6-4-5-7-16(15)26(28)29/h4-10H,3,11-12H2,1-2H3,(H,22,27). The molecular weight excluding hydrogens is 442 g/mol. The van der Waals surface area contributed by atoms with Gasteiger partial charge in [-0.25, -0.2) is 0 Å². The summed E-state index contributed by atoms with van der Waals surface area (Å²) >= 11 is 7.35. The summed E-state index contributed by atoms with van der Waals surface area (Å²) < 4.78 is 7.63. The van der Waals surface area contributed by atoms with Gasteiger partial charge in [-0.05, 0) is 37.6 Å². The van der Waals surface area contributed by atoms with E-state index in [1.807, 2.05) is 30.5 Å². The van der Waals surface area contributed by atoms with Crippen molar-refractivity contribution in [3.8, 4) is 5.75 Å². The smallest absolute Gasteiger partial charge is 0.292 e. The highest BCUT2D eigenvalue weighted by Crippen LogP contribution is 2.27. The Balaban J connectivity index is 1.62. The van der Waals surface area contributed by atoms with Crippen molar-refractivity contribution in [1.29, 1.82) is 0 Å². The number of anilines is 1. The molecule has 0 aliphatic carbocycles. The Bertz CT molecular complexity index is 1100. The van der Waals surface area contributed by atoms with Crippen LogP contribution in [0.5, 0.6) is 5.75 Å². The normalized spacial score (nSPS) is 10.7. The molecule has 0 saturated carbocycles. The average Bonchev–Trinajstić information content (AvgIpc) is 3.15. The quantitative estimate of drug-likeness (QED) is 0.284. The molecule has 0 aliphatic rings. The second-order valence-electron chi connectivity index (χ2n) is 6.48. The number of nitrogens with one attached hydrogen (secondary N) is 1. The third-order valence-electron chi connectivity index (χ3n) is 4.26. The molecule has 0 fully saturated rings. The number of hydrogen-bond acceptors (Lipinski definition) is 7. The van der Waals surface area contributed by atoms with Gasteiger partial charge in [0.1, 0.15) is 18.0 Å².